The highest BCUT2D eigenvalue weighted by molar-refractivity contribution is 5.99. The topological polar surface area (TPSA) is 50.7 Å². The van der Waals surface area contributed by atoms with E-state index < -0.39 is 6.09 Å². The first-order chi connectivity index (χ1) is 9.25. The molecule has 2 aromatic carbocycles. The molecular weight excluding hydrogens is 240 g/mol. The Bertz CT molecular complexity index is 565. The molecule has 0 atom stereocenters. The maximum atomic E-state index is 11.5. The number of rotatable bonds is 3. The average molecular weight is 254 g/mol. The second kappa shape index (κ2) is 6.35. The van der Waals surface area contributed by atoms with E-state index in [1.807, 2.05) is 43.3 Å². The van der Waals surface area contributed by atoms with E-state index in [4.69, 9.17) is 4.74 Å². The smallest absolute Gasteiger partial charge is 0.409 e. The molecule has 4 heteroatoms. The first-order valence-electron chi connectivity index (χ1n) is 5.88. The van der Waals surface area contributed by atoms with Crippen LogP contribution in [0.5, 0.6) is 5.75 Å². The summed E-state index contributed by atoms with van der Waals surface area (Å²) in [6.45, 7) is 1.82. The van der Waals surface area contributed by atoms with Crippen molar-refractivity contribution in [2.45, 2.75) is 6.92 Å². The van der Waals surface area contributed by atoms with Crippen molar-refractivity contribution in [3.05, 3.63) is 66.2 Å². The van der Waals surface area contributed by atoms with Gasteiger partial charge in [-0.2, -0.15) is 5.10 Å². The summed E-state index contributed by atoms with van der Waals surface area (Å²) >= 11 is 0. The second-order valence-electron chi connectivity index (χ2n) is 3.88. The lowest BCUT2D eigenvalue weighted by Crippen LogP contribution is -2.23. The molecule has 0 bridgehead atoms. The molecule has 0 fully saturated rings. The Labute approximate surface area is 111 Å². The van der Waals surface area contributed by atoms with Crippen molar-refractivity contribution in [3.8, 4) is 5.75 Å². The number of hydrogen-bond donors (Lipinski definition) is 1. The second-order valence-corrected chi connectivity index (χ2v) is 3.88. The van der Waals surface area contributed by atoms with Crippen molar-refractivity contribution in [2.75, 3.05) is 0 Å². The minimum atomic E-state index is -0.610. The van der Waals surface area contributed by atoms with E-state index in [0.717, 1.165) is 5.56 Å². The molecule has 1 amide bonds. The number of para-hydroxylation sites is 1. The number of nitrogens with one attached hydrogen (secondary N) is 1. The van der Waals surface area contributed by atoms with Gasteiger partial charge in [0.15, 0.2) is 0 Å². The molecule has 1 N–H and O–H groups in total. The van der Waals surface area contributed by atoms with E-state index in [2.05, 4.69) is 10.5 Å². The van der Waals surface area contributed by atoms with Crippen molar-refractivity contribution in [2.24, 2.45) is 5.10 Å². The Balaban J connectivity index is 1.93. The number of carbonyl (C=O) groups is 1. The largest absolute Gasteiger partial charge is 0.433 e. The van der Waals surface area contributed by atoms with Crippen LogP contribution in [0.15, 0.2) is 65.8 Å². The van der Waals surface area contributed by atoms with Crippen LogP contribution in [0.1, 0.15) is 12.5 Å². The molecule has 0 spiro atoms. The summed E-state index contributed by atoms with van der Waals surface area (Å²) in [6.07, 6.45) is -0.610. The molecule has 0 aliphatic carbocycles. The number of nitrogens with zero attached hydrogens (tertiary/aromatic N) is 1. The molecule has 4 nitrogen and oxygen atoms in total. The van der Waals surface area contributed by atoms with Gasteiger partial charge in [-0.15, -0.1) is 0 Å². The lowest BCUT2D eigenvalue weighted by Gasteiger charge is -2.04. The monoisotopic (exact) mass is 254 g/mol. The molecule has 96 valence electrons. The maximum Gasteiger partial charge on any atom is 0.433 e. The number of carbonyl (C=O) groups excluding carboxylic acids is 1. The molecule has 0 aliphatic heterocycles. The number of ether oxygens (including phenoxy) is 1. The fraction of sp³-hybridized carbons (Fsp3) is 0.0667. The quantitative estimate of drug-likeness (QED) is 0.675. The van der Waals surface area contributed by atoms with E-state index in [-0.39, 0.29) is 0 Å². The van der Waals surface area contributed by atoms with E-state index in [1.54, 1.807) is 24.3 Å². The highest BCUT2D eigenvalue weighted by atomic mass is 16.6. The van der Waals surface area contributed by atoms with Crippen LogP contribution in [0.4, 0.5) is 4.79 Å². The Morgan fingerprint density at radius 2 is 1.58 bits per heavy atom. The summed E-state index contributed by atoms with van der Waals surface area (Å²) in [4.78, 5) is 11.5. The minimum Gasteiger partial charge on any atom is -0.409 e. The molecule has 2 rings (SSSR count). The predicted octanol–water partition coefficient (Wildman–Crippen LogP) is 3.20. The lowest BCUT2D eigenvalue weighted by atomic mass is 10.1. The van der Waals surface area contributed by atoms with Crippen LogP contribution in [0.2, 0.25) is 0 Å². The highest BCUT2D eigenvalue weighted by Gasteiger charge is 2.02. The van der Waals surface area contributed by atoms with Gasteiger partial charge in [-0.05, 0) is 24.6 Å². The zero-order chi connectivity index (χ0) is 13.5. The first kappa shape index (κ1) is 12.8. The fourth-order valence-electron chi connectivity index (χ4n) is 1.49. The van der Waals surface area contributed by atoms with Crippen LogP contribution in [0.25, 0.3) is 0 Å². The number of benzene rings is 2. The molecule has 19 heavy (non-hydrogen) atoms. The lowest BCUT2D eigenvalue weighted by molar-refractivity contribution is 0.201. The van der Waals surface area contributed by atoms with Gasteiger partial charge in [0.2, 0.25) is 0 Å². The molecule has 0 aliphatic rings. The molecule has 0 heterocycles. The van der Waals surface area contributed by atoms with Gasteiger partial charge in [-0.25, -0.2) is 10.2 Å². The van der Waals surface area contributed by atoms with Gasteiger partial charge in [0.05, 0.1) is 5.71 Å². The molecule has 0 unspecified atom stereocenters. The standard InChI is InChI=1S/C15H14N2O2/c1-12(13-8-4-2-5-9-13)16-17-15(18)19-14-10-6-3-7-11-14/h2-11H,1H3,(H,17,18)/b16-12+. The van der Waals surface area contributed by atoms with E-state index in [9.17, 15) is 4.79 Å². The highest BCUT2D eigenvalue weighted by Crippen LogP contribution is 2.08. The minimum absolute atomic E-state index is 0.479. The third-order valence-corrected chi connectivity index (χ3v) is 2.46. The van der Waals surface area contributed by atoms with Crippen molar-refractivity contribution in [1.82, 2.24) is 5.43 Å². The van der Waals surface area contributed by atoms with Gasteiger partial charge in [0, 0.05) is 0 Å². The summed E-state index contributed by atoms with van der Waals surface area (Å²) < 4.78 is 5.04. The summed E-state index contributed by atoms with van der Waals surface area (Å²) in [6, 6.07) is 18.4. The Kier molecular flexibility index (Phi) is 4.29. The van der Waals surface area contributed by atoms with Gasteiger partial charge in [0.1, 0.15) is 5.75 Å². The van der Waals surface area contributed by atoms with Gasteiger partial charge < -0.3 is 4.74 Å². The number of hydrogen-bond acceptors (Lipinski definition) is 3. The van der Waals surface area contributed by atoms with Crippen LogP contribution in [-0.4, -0.2) is 11.8 Å². The van der Waals surface area contributed by atoms with Gasteiger partial charge in [-0.3, -0.25) is 0 Å². The predicted molar refractivity (Wildman–Crippen MR) is 74.3 cm³/mol. The number of amides is 1. The zero-order valence-corrected chi connectivity index (χ0v) is 10.5. The first-order valence-corrected chi connectivity index (χ1v) is 5.88. The maximum absolute atomic E-state index is 11.5. The fourth-order valence-corrected chi connectivity index (χ4v) is 1.49. The zero-order valence-electron chi connectivity index (χ0n) is 10.5. The van der Waals surface area contributed by atoms with Crippen molar-refractivity contribution < 1.29 is 9.53 Å². The Morgan fingerprint density at radius 1 is 1.00 bits per heavy atom. The average Bonchev–Trinajstić information content (AvgIpc) is 2.47. The molecular formula is C15H14N2O2. The van der Waals surface area contributed by atoms with Crippen molar-refractivity contribution >= 4 is 11.8 Å². The summed E-state index contributed by atoms with van der Waals surface area (Å²) in [5.41, 5.74) is 4.02. The van der Waals surface area contributed by atoms with Gasteiger partial charge in [-0.1, -0.05) is 48.5 Å². The normalized spacial score (nSPS) is 10.9. The van der Waals surface area contributed by atoms with Gasteiger partial charge in [0.25, 0.3) is 0 Å². The van der Waals surface area contributed by atoms with E-state index >= 15 is 0 Å². The van der Waals surface area contributed by atoms with Crippen molar-refractivity contribution in [3.63, 3.8) is 0 Å². The molecule has 0 saturated carbocycles. The van der Waals surface area contributed by atoms with Crippen LogP contribution in [-0.2, 0) is 0 Å². The molecule has 0 aromatic heterocycles. The Morgan fingerprint density at radius 3 is 2.21 bits per heavy atom. The molecule has 0 radical (unpaired) electrons. The summed E-state index contributed by atoms with van der Waals surface area (Å²) in [7, 11) is 0. The third kappa shape index (κ3) is 3.96. The van der Waals surface area contributed by atoms with Gasteiger partial charge >= 0.3 is 6.09 Å². The van der Waals surface area contributed by atoms with Crippen LogP contribution < -0.4 is 10.2 Å². The molecule has 2 aromatic rings. The Hall–Kier alpha value is -2.62. The van der Waals surface area contributed by atoms with E-state index in [1.165, 1.54) is 0 Å². The van der Waals surface area contributed by atoms with Crippen LogP contribution in [0.3, 0.4) is 0 Å². The third-order valence-electron chi connectivity index (χ3n) is 2.46. The summed E-state index contributed by atoms with van der Waals surface area (Å²) in [5, 5.41) is 3.98. The summed E-state index contributed by atoms with van der Waals surface area (Å²) in [5.74, 6) is 0.479. The van der Waals surface area contributed by atoms with Crippen LogP contribution >= 0.6 is 0 Å². The van der Waals surface area contributed by atoms with Crippen LogP contribution in [0, 0.1) is 0 Å². The van der Waals surface area contributed by atoms with E-state index in [0.29, 0.717) is 11.5 Å². The number of hydrazone groups is 1. The van der Waals surface area contributed by atoms with Crippen molar-refractivity contribution in [1.29, 1.82) is 0 Å². The molecule has 0 saturated heterocycles. The SMILES string of the molecule is C/C(=N\NC(=O)Oc1ccccc1)c1ccccc1.